The number of carbonyl (C=O) groups is 1. The van der Waals surface area contributed by atoms with Crippen LogP contribution in [-0.2, 0) is 0 Å². The van der Waals surface area contributed by atoms with Crippen LogP contribution in [0.2, 0.25) is 0 Å². The first-order chi connectivity index (χ1) is 8.60. The largest absolute Gasteiger partial charge is 0.294 e. The highest BCUT2D eigenvalue weighted by atomic mass is 19.1. The Bertz CT molecular complexity index is 446. The minimum atomic E-state index is -0.269. The molecule has 2 heteroatoms. The second-order valence-corrected chi connectivity index (χ2v) is 6.91. The van der Waals surface area contributed by atoms with Crippen LogP contribution in [0.4, 0.5) is 4.39 Å². The highest BCUT2D eigenvalue weighted by Crippen LogP contribution is 2.28. The van der Waals surface area contributed by atoms with E-state index in [-0.39, 0.29) is 17.0 Å². The van der Waals surface area contributed by atoms with Gasteiger partial charge in [0, 0.05) is 12.0 Å². The SMILES string of the molecule is Cc1cc(F)cc(C)c1C(=O)CC(C)CC(C)(C)C. The van der Waals surface area contributed by atoms with Crippen LogP contribution in [0.25, 0.3) is 0 Å². The lowest BCUT2D eigenvalue weighted by atomic mass is 9.82. The maximum absolute atomic E-state index is 13.2. The van der Waals surface area contributed by atoms with Crippen molar-refractivity contribution in [3.63, 3.8) is 0 Å². The van der Waals surface area contributed by atoms with E-state index < -0.39 is 0 Å². The third kappa shape index (κ3) is 4.77. The summed E-state index contributed by atoms with van der Waals surface area (Å²) in [4.78, 5) is 12.4. The van der Waals surface area contributed by atoms with Crippen molar-refractivity contribution in [3.8, 4) is 0 Å². The Labute approximate surface area is 116 Å². The number of halogens is 1. The Kier molecular flexibility index (Phi) is 4.89. The third-order valence-corrected chi connectivity index (χ3v) is 3.27. The number of Topliss-reactive ketones (excluding diaryl/α,β-unsaturated/α-hetero) is 1. The number of benzene rings is 1. The lowest BCUT2D eigenvalue weighted by Crippen LogP contribution is -2.15. The quantitative estimate of drug-likeness (QED) is 0.692. The molecule has 1 unspecified atom stereocenters. The van der Waals surface area contributed by atoms with Crippen LogP contribution in [-0.4, -0.2) is 5.78 Å². The topological polar surface area (TPSA) is 17.1 Å². The summed E-state index contributed by atoms with van der Waals surface area (Å²) in [5.74, 6) is 0.206. The maximum atomic E-state index is 13.2. The Morgan fingerprint density at radius 1 is 1.21 bits per heavy atom. The van der Waals surface area contributed by atoms with E-state index in [1.807, 2.05) is 0 Å². The fourth-order valence-electron chi connectivity index (χ4n) is 2.89. The minimum absolute atomic E-state index is 0.131. The number of rotatable bonds is 4. The number of hydrogen-bond acceptors (Lipinski definition) is 1. The third-order valence-electron chi connectivity index (χ3n) is 3.27. The molecule has 0 spiro atoms. The van der Waals surface area contributed by atoms with Crippen LogP contribution in [0.5, 0.6) is 0 Å². The van der Waals surface area contributed by atoms with Gasteiger partial charge < -0.3 is 0 Å². The molecule has 0 saturated heterocycles. The van der Waals surface area contributed by atoms with Crippen molar-refractivity contribution in [2.75, 3.05) is 0 Å². The monoisotopic (exact) mass is 264 g/mol. The van der Waals surface area contributed by atoms with Crippen molar-refractivity contribution in [1.82, 2.24) is 0 Å². The average Bonchev–Trinajstić information content (AvgIpc) is 2.10. The van der Waals surface area contributed by atoms with Crippen molar-refractivity contribution < 1.29 is 9.18 Å². The van der Waals surface area contributed by atoms with Gasteiger partial charge in [-0.05, 0) is 54.9 Å². The molecule has 1 aromatic carbocycles. The van der Waals surface area contributed by atoms with Gasteiger partial charge in [-0.15, -0.1) is 0 Å². The molecule has 0 aliphatic heterocycles. The average molecular weight is 264 g/mol. The highest BCUT2D eigenvalue weighted by Gasteiger charge is 2.20. The van der Waals surface area contributed by atoms with Gasteiger partial charge in [0.15, 0.2) is 5.78 Å². The molecule has 0 aromatic heterocycles. The molecule has 0 aliphatic rings. The molecule has 0 bridgehead atoms. The molecule has 1 nitrogen and oxygen atoms in total. The Morgan fingerprint density at radius 3 is 2.11 bits per heavy atom. The van der Waals surface area contributed by atoms with Crippen molar-refractivity contribution in [2.24, 2.45) is 11.3 Å². The van der Waals surface area contributed by atoms with Crippen LogP contribution >= 0.6 is 0 Å². The zero-order chi connectivity index (χ0) is 14.8. The molecule has 0 aliphatic carbocycles. The van der Waals surface area contributed by atoms with E-state index in [4.69, 9.17) is 0 Å². The Balaban J connectivity index is 2.85. The molecule has 0 saturated carbocycles. The summed E-state index contributed by atoms with van der Waals surface area (Å²) in [6, 6.07) is 2.88. The summed E-state index contributed by atoms with van der Waals surface area (Å²) < 4.78 is 13.2. The zero-order valence-electron chi connectivity index (χ0n) is 12.9. The Morgan fingerprint density at radius 2 is 1.68 bits per heavy atom. The van der Waals surface area contributed by atoms with Gasteiger partial charge in [0.1, 0.15) is 5.82 Å². The first-order valence-corrected chi connectivity index (χ1v) is 6.90. The lowest BCUT2D eigenvalue weighted by Gasteiger charge is -2.23. The second kappa shape index (κ2) is 5.85. The molecule has 0 amide bonds. The minimum Gasteiger partial charge on any atom is -0.294 e. The van der Waals surface area contributed by atoms with E-state index in [2.05, 4.69) is 27.7 Å². The summed E-state index contributed by atoms with van der Waals surface area (Å²) in [5.41, 5.74) is 2.41. The molecule has 0 heterocycles. The molecule has 0 radical (unpaired) electrons. The van der Waals surface area contributed by atoms with Gasteiger partial charge in [-0.3, -0.25) is 4.79 Å². The molecule has 1 aromatic rings. The van der Waals surface area contributed by atoms with Gasteiger partial charge >= 0.3 is 0 Å². The summed E-state index contributed by atoms with van der Waals surface area (Å²) in [6.07, 6.45) is 1.54. The molecule has 0 fully saturated rings. The van der Waals surface area contributed by atoms with Gasteiger partial charge in [-0.1, -0.05) is 27.7 Å². The normalized spacial score (nSPS) is 13.4. The van der Waals surface area contributed by atoms with E-state index >= 15 is 0 Å². The molecule has 19 heavy (non-hydrogen) atoms. The lowest BCUT2D eigenvalue weighted by molar-refractivity contribution is 0.0953. The van der Waals surface area contributed by atoms with Crippen molar-refractivity contribution in [3.05, 3.63) is 34.6 Å². The standard InChI is InChI=1S/C17H25FO/c1-11(10-17(4,5)6)7-15(19)16-12(2)8-14(18)9-13(16)3/h8-9,11H,7,10H2,1-6H3. The van der Waals surface area contributed by atoms with E-state index in [1.165, 1.54) is 12.1 Å². The molecule has 106 valence electrons. The number of ketones is 1. The number of carbonyl (C=O) groups excluding carboxylic acids is 1. The zero-order valence-corrected chi connectivity index (χ0v) is 12.9. The summed E-state index contributed by atoms with van der Waals surface area (Å²) in [7, 11) is 0. The summed E-state index contributed by atoms with van der Waals surface area (Å²) in [6.45, 7) is 12.3. The van der Waals surface area contributed by atoms with E-state index in [0.717, 1.165) is 17.5 Å². The van der Waals surface area contributed by atoms with Crippen molar-refractivity contribution in [1.29, 1.82) is 0 Å². The van der Waals surface area contributed by atoms with Gasteiger partial charge in [-0.25, -0.2) is 4.39 Å². The predicted molar refractivity (Wildman–Crippen MR) is 78.1 cm³/mol. The van der Waals surface area contributed by atoms with E-state index in [9.17, 15) is 9.18 Å². The first-order valence-electron chi connectivity index (χ1n) is 6.90. The van der Waals surface area contributed by atoms with Crippen LogP contribution in [0.15, 0.2) is 12.1 Å². The van der Waals surface area contributed by atoms with Crippen molar-refractivity contribution in [2.45, 2.75) is 54.4 Å². The summed E-state index contributed by atoms with van der Waals surface area (Å²) in [5, 5.41) is 0. The summed E-state index contributed by atoms with van der Waals surface area (Å²) >= 11 is 0. The van der Waals surface area contributed by atoms with Gasteiger partial charge in [0.2, 0.25) is 0 Å². The Hall–Kier alpha value is -1.18. The van der Waals surface area contributed by atoms with Crippen LogP contribution in [0.3, 0.4) is 0 Å². The molecular formula is C17H25FO. The number of hydrogen-bond donors (Lipinski definition) is 0. The maximum Gasteiger partial charge on any atom is 0.163 e. The van der Waals surface area contributed by atoms with Gasteiger partial charge in [0.05, 0.1) is 0 Å². The molecule has 1 rings (SSSR count). The van der Waals surface area contributed by atoms with Crippen LogP contribution in [0.1, 0.15) is 62.0 Å². The van der Waals surface area contributed by atoms with Crippen molar-refractivity contribution >= 4 is 5.78 Å². The smallest absolute Gasteiger partial charge is 0.163 e. The molecular weight excluding hydrogens is 239 g/mol. The fourth-order valence-corrected chi connectivity index (χ4v) is 2.89. The predicted octanol–water partition coefficient (Wildman–Crippen LogP) is 5.09. The van der Waals surface area contributed by atoms with Crippen LogP contribution < -0.4 is 0 Å². The second-order valence-electron chi connectivity index (χ2n) is 6.91. The van der Waals surface area contributed by atoms with Crippen LogP contribution in [0, 0.1) is 31.0 Å². The van der Waals surface area contributed by atoms with E-state index in [1.54, 1.807) is 13.8 Å². The first kappa shape index (κ1) is 15.9. The van der Waals surface area contributed by atoms with Gasteiger partial charge in [-0.2, -0.15) is 0 Å². The fraction of sp³-hybridized carbons (Fsp3) is 0.588. The number of aryl methyl sites for hydroxylation is 2. The molecule has 1 atom stereocenters. The van der Waals surface area contributed by atoms with E-state index in [0.29, 0.717) is 17.9 Å². The molecule has 0 N–H and O–H groups in total. The highest BCUT2D eigenvalue weighted by molar-refractivity contribution is 5.98. The van der Waals surface area contributed by atoms with Gasteiger partial charge in [0.25, 0.3) is 0 Å².